The first-order valence-corrected chi connectivity index (χ1v) is 4.78. The molecule has 0 saturated heterocycles. The molecule has 5 nitrogen and oxygen atoms in total. The number of nitrogen functional groups attached to an aromatic ring is 1. The first-order valence-electron chi connectivity index (χ1n) is 4.40. The minimum absolute atomic E-state index is 0.00356. The Balaban J connectivity index is 2.59. The van der Waals surface area contributed by atoms with E-state index in [1.165, 1.54) is 19.4 Å². The van der Waals surface area contributed by atoms with Crippen LogP contribution in [0.15, 0.2) is 22.9 Å². The third kappa shape index (κ3) is 1.65. The zero-order valence-corrected chi connectivity index (χ0v) is 9.15. The third-order valence-corrected chi connectivity index (χ3v) is 2.45. The molecule has 0 saturated carbocycles. The van der Waals surface area contributed by atoms with Crippen molar-refractivity contribution in [3.63, 3.8) is 0 Å². The van der Waals surface area contributed by atoms with Gasteiger partial charge >= 0.3 is 0 Å². The van der Waals surface area contributed by atoms with Gasteiger partial charge < -0.3 is 20.1 Å². The van der Waals surface area contributed by atoms with Crippen molar-refractivity contribution in [2.75, 3.05) is 12.8 Å². The van der Waals surface area contributed by atoms with Gasteiger partial charge in [0.05, 0.1) is 23.9 Å². The summed E-state index contributed by atoms with van der Waals surface area (Å²) in [7, 11) is 1.47. The Morgan fingerprint density at radius 3 is 2.75 bits per heavy atom. The van der Waals surface area contributed by atoms with Gasteiger partial charge in [-0.3, -0.25) is 0 Å². The van der Waals surface area contributed by atoms with Crippen molar-refractivity contribution in [1.29, 1.82) is 0 Å². The number of benzene rings is 1. The van der Waals surface area contributed by atoms with E-state index in [0.29, 0.717) is 21.9 Å². The van der Waals surface area contributed by atoms with Crippen molar-refractivity contribution in [3.05, 3.63) is 23.4 Å². The van der Waals surface area contributed by atoms with E-state index in [9.17, 15) is 5.11 Å². The highest BCUT2D eigenvalue weighted by molar-refractivity contribution is 6.32. The molecule has 2 aromatic rings. The summed E-state index contributed by atoms with van der Waals surface area (Å²) in [5.41, 5.74) is 6.48. The van der Waals surface area contributed by atoms with E-state index in [1.54, 1.807) is 6.07 Å². The molecule has 1 aromatic heterocycles. The van der Waals surface area contributed by atoms with Gasteiger partial charge in [-0.15, -0.1) is 0 Å². The highest BCUT2D eigenvalue weighted by Gasteiger charge is 2.14. The molecule has 0 fully saturated rings. The standard InChI is InChI=1S/C10H9ClN2O3/c1-15-9-3-8(14)5(2-7(9)11)6-4-13-16-10(6)12/h2-4,14H,12H2,1H3. The Morgan fingerprint density at radius 2 is 2.19 bits per heavy atom. The number of anilines is 1. The van der Waals surface area contributed by atoms with E-state index in [4.69, 9.17) is 26.6 Å². The number of methoxy groups -OCH3 is 1. The smallest absolute Gasteiger partial charge is 0.230 e. The maximum absolute atomic E-state index is 9.78. The minimum Gasteiger partial charge on any atom is -0.507 e. The summed E-state index contributed by atoms with van der Waals surface area (Å²) in [4.78, 5) is 0. The molecule has 0 radical (unpaired) electrons. The lowest BCUT2D eigenvalue weighted by atomic mass is 10.1. The van der Waals surface area contributed by atoms with E-state index in [2.05, 4.69) is 5.16 Å². The van der Waals surface area contributed by atoms with Crippen molar-refractivity contribution in [1.82, 2.24) is 5.16 Å². The highest BCUT2D eigenvalue weighted by Crippen LogP contribution is 2.39. The quantitative estimate of drug-likeness (QED) is 0.842. The zero-order chi connectivity index (χ0) is 11.7. The number of nitrogens with zero attached hydrogens (tertiary/aromatic N) is 1. The molecule has 16 heavy (non-hydrogen) atoms. The van der Waals surface area contributed by atoms with E-state index < -0.39 is 0 Å². The number of phenolic OH excluding ortho intramolecular Hbond substituents is 1. The van der Waals surface area contributed by atoms with Gasteiger partial charge in [0.1, 0.15) is 11.5 Å². The summed E-state index contributed by atoms with van der Waals surface area (Å²) in [5, 5.41) is 13.7. The summed E-state index contributed by atoms with van der Waals surface area (Å²) >= 11 is 5.94. The second kappa shape index (κ2) is 3.94. The lowest BCUT2D eigenvalue weighted by molar-refractivity contribution is 0.408. The van der Waals surface area contributed by atoms with Crippen LogP contribution in [-0.2, 0) is 0 Å². The number of aromatic hydroxyl groups is 1. The Morgan fingerprint density at radius 1 is 1.44 bits per heavy atom. The molecular formula is C10H9ClN2O3. The number of nitrogens with two attached hydrogens (primary N) is 1. The summed E-state index contributed by atoms with van der Waals surface area (Å²) in [6.07, 6.45) is 1.41. The molecule has 0 aliphatic carbocycles. The van der Waals surface area contributed by atoms with Crippen LogP contribution in [0.4, 0.5) is 5.88 Å². The summed E-state index contributed by atoms with van der Waals surface area (Å²) in [6, 6.07) is 2.95. The van der Waals surface area contributed by atoms with Crippen LogP contribution < -0.4 is 10.5 Å². The maximum atomic E-state index is 9.78. The van der Waals surface area contributed by atoms with Crippen molar-refractivity contribution < 1.29 is 14.4 Å². The van der Waals surface area contributed by atoms with Gasteiger partial charge in [-0.1, -0.05) is 16.8 Å². The summed E-state index contributed by atoms with van der Waals surface area (Å²) in [5.74, 6) is 0.505. The molecule has 1 aromatic carbocycles. The summed E-state index contributed by atoms with van der Waals surface area (Å²) in [6.45, 7) is 0. The van der Waals surface area contributed by atoms with Gasteiger partial charge in [0.25, 0.3) is 0 Å². The van der Waals surface area contributed by atoms with Crippen LogP contribution in [0.3, 0.4) is 0 Å². The predicted octanol–water partition coefficient (Wildman–Crippen LogP) is 2.29. The first kappa shape index (κ1) is 10.6. The van der Waals surface area contributed by atoms with Crippen LogP contribution in [0.5, 0.6) is 11.5 Å². The number of phenols is 1. The molecular weight excluding hydrogens is 232 g/mol. The van der Waals surface area contributed by atoms with Crippen molar-refractivity contribution in [2.45, 2.75) is 0 Å². The molecule has 84 valence electrons. The monoisotopic (exact) mass is 240 g/mol. The van der Waals surface area contributed by atoms with E-state index >= 15 is 0 Å². The first-order chi connectivity index (χ1) is 7.63. The molecule has 2 rings (SSSR count). The average Bonchev–Trinajstić information content (AvgIpc) is 2.67. The summed E-state index contributed by atoms with van der Waals surface area (Å²) < 4.78 is 9.68. The molecule has 0 aliphatic heterocycles. The van der Waals surface area contributed by atoms with Gasteiger partial charge in [-0.05, 0) is 6.07 Å². The molecule has 1 heterocycles. The molecule has 6 heteroatoms. The third-order valence-electron chi connectivity index (χ3n) is 2.16. The van der Waals surface area contributed by atoms with Gasteiger partial charge in [0.15, 0.2) is 0 Å². The molecule has 0 unspecified atom stereocenters. The average molecular weight is 241 g/mol. The number of halogens is 1. The van der Waals surface area contributed by atoms with Crippen LogP contribution in [0.1, 0.15) is 0 Å². The fourth-order valence-electron chi connectivity index (χ4n) is 1.37. The molecule has 3 N–H and O–H groups in total. The largest absolute Gasteiger partial charge is 0.507 e. The SMILES string of the molecule is COc1cc(O)c(-c2cnoc2N)cc1Cl. The number of aromatic nitrogens is 1. The molecule has 0 atom stereocenters. The van der Waals surface area contributed by atoms with Gasteiger partial charge in [0.2, 0.25) is 5.88 Å². The number of ether oxygens (including phenoxy) is 1. The number of hydrogen-bond donors (Lipinski definition) is 2. The number of rotatable bonds is 2. The second-order valence-electron chi connectivity index (χ2n) is 3.11. The van der Waals surface area contributed by atoms with Crippen LogP contribution in [0.25, 0.3) is 11.1 Å². The van der Waals surface area contributed by atoms with Gasteiger partial charge in [0, 0.05) is 11.6 Å². The van der Waals surface area contributed by atoms with Gasteiger partial charge in [-0.2, -0.15) is 0 Å². The van der Waals surface area contributed by atoms with E-state index in [-0.39, 0.29) is 11.6 Å². The Kier molecular flexibility index (Phi) is 2.62. The Labute approximate surface area is 96.4 Å². The van der Waals surface area contributed by atoms with Crippen LogP contribution >= 0.6 is 11.6 Å². The Hall–Kier alpha value is -1.88. The van der Waals surface area contributed by atoms with Crippen LogP contribution in [-0.4, -0.2) is 17.4 Å². The van der Waals surface area contributed by atoms with Crippen LogP contribution in [0, 0.1) is 0 Å². The number of hydrogen-bond acceptors (Lipinski definition) is 5. The highest BCUT2D eigenvalue weighted by atomic mass is 35.5. The maximum Gasteiger partial charge on any atom is 0.230 e. The van der Waals surface area contributed by atoms with E-state index in [0.717, 1.165) is 0 Å². The molecule has 0 spiro atoms. The van der Waals surface area contributed by atoms with Crippen molar-refractivity contribution in [3.8, 4) is 22.6 Å². The zero-order valence-electron chi connectivity index (χ0n) is 8.40. The van der Waals surface area contributed by atoms with Crippen molar-refractivity contribution >= 4 is 17.5 Å². The minimum atomic E-state index is -0.00356. The Bertz CT molecular complexity index is 525. The molecule has 0 bridgehead atoms. The van der Waals surface area contributed by atoms with Gasteiger partial charge in [-0.25, -0.2) is 0 Å². The fraction of sp³-hybridized carbons (Fsp3) is 0.100. The lowest BCUT2D eigenvalue weighted by Gasteiger charge is -2.07. The second-order valence-corrected chi connectivity index (χ2v) is 3.51. The molecule has 0 aliphatic rings. The van der Waals surface area contributed by atoms with Crippen molar-refractivity contribution in [2.24, 2.45) is 0 Å². The van der Waals surface area contributed by atoms with E-state index in [1.807, 2.05) is 0 Å². The topological polar surface area (TPSA) is 81.5 Å². The normalized spacial score (nSPS) is 10.4. The molecule has 0 amide bonds. The lowest BCUT2D eigenvalue weighted by Crippen LogP contribution is -1.88. The predicted molar refractivity (Wildman–Crippen MR) is 59.6 cm³/mol. The van der Waals surface area contributed by atoms with Crippen LogP contribution in [0.2, 0.25) is 5.02 Å². The fourth-order valence-corrected chi connectivity index (χ4v) is 1.61.